The van der Waals surface area contributed by atoms with Gasteiger partial charge in [-0.15, -0.1) is 0 Å². The molecule has 0 unspecified atom stereocenters. The molecule has 0 radical (unpaired) electrons. The first-order valence-electron chi connectivity index (χ1n) is 10.6. The maximum atomic E-state index is 13.6. The quantitative estimate of drug-likeness (QED) is 0.700. The lowest BCUT2D eigenvalue weighted by molar-refractivity contribution is -0.207. The number of allylic oxidation sites excluding steroid dienone is 1. The number of ether oxygens (including phenoxy) is 2. The molecule has 5 atom stereocenters. The molecule has 4 heteroatoms. The van der Waals surface area contributed by atoms with Crippen LogP contribution >= 0.6 is 0 Å². The van der Waals surface area contributed by atoms with Gasteiger partial charge in [-0.05, 0) is 16.4 Å². The number of Topliss-reactive ketones (excluding diaryl/α,β-unsaturated/α-hetero) is 2. The highest BCUT2D eigenvalue weighted by atomic mass is 16.8. The third kappa shape index (κ3) is 2.07. The van der Waals surface area contributed by atoms with Gasteiger partial charge >= 0.3 is 0 Å². The Balaban J connectivity index is 1.69. The fourth-order valence-corrected chi connectivity index (χ4v) is 6.30. The lowest BCUT2D eigenvalue weighted by Gasteiger charge is -2.34. The summed E-state index contributed by atoms with van der Waals surface area (Å²) in [4.78, 5) is 26.7. The summed E-state index contributed by atoms with van der Waals surface area (Å²) in [6, 6.07) is 9.87. The molecule has 154 valence electrons. The third-order valence-corrected chi connectivity index (χ3v) is 7.63. The maximum absolute atomic E-state index is 13.6. The van der Waals surface area contributed by atoms with Crippen LogP contribution < -0.4 is 0 Å². The zero-order valence-corrected chi connectivity index (χ0v) is 18.2. The van der Waals surface area contributed by atoms with Crippen LogP contribution in [-0.2, 0) is 24.8 Å². The monoisotopic (exact) mass is 394 g/mol. The number of fused-ring (bicyclic) bond motifs is 6. The summed E-state index contributed by atoms with van der Waals surface area (Å²) >= 11 is 0. The molecule has 2 aliphatic carbocycles. The number of rotatable bonds is 1. The molecule has 3 fully saturated rings. The number of carbonyl (C=O) groups is 2. The summed E-state index contributed by atoms with van der Waals surface area (Å²) in [5.41, 5.74) is -0.134. The molecule has 2 heterocycles. The number of hydrogen-bond acceptors (Lipinski definition) is 4. The summed E-state index contributed by atoms with van der Waals surface area (Å²) in [5, 5.41) is 0. The van der Waals surface area contributed by atoms with Gasteiger partial charge in [0.05, 0.1) is 5.92 Å². The van der Waals surface area contributed by atoms with E-state index in [-0.39, 0.29) is 28.3 Å². The van der Waals surface area contributed by atoms with E-state index in [0.29, 0.717) is 12.8 Å². The Hall–Kier alpha value is -1.78. The molecule has 0 amide bonds. The molecule has 2 bridgehead atoms. The molecule has 29 heavy (non-hydrogen) atoms. The highest BCUT2D eigenvalue weighted by molar-refractivity contribution is 6.08. The van der Waals surface area contributed by atoms with Crippen molar-refractivity contribution in [2.75, 3.05) is 0 Å². The smallest absolute Gasteiger partial charge is 0.197 e. The van der Waals surface area contributed by atoms with E-state index in [2.05, 4.69) is 47.6 Å². The molecular formula is C25H30O4. The first-order chi connectivity index (χ1) is 13.4. The van der Waals surface area contributed by atoms with Crippen LogP contribution in [0.3, 0.4) is 0 Å². The predicted octanol–water partition coefficient (Wildman–Crippen LogP) is 4.57. The average molecular weight is 395 g/mol. The van der Waals surface area contributed by atoms with Crippen molar-refractivity contribution in [3.63, 3.8) is 0 Å². The summed E-state index contributed by atoms with van der Waals surface area (Å²) in [5.74, 6) is -1.12. The molecule has 5 rings (SSSR count). The molecule has 0 N–H and O–H groups in total. The zero-order valence-electron chi connectivity index (χ0n) is 18.2. The van der Waals surface area contributed by atoms with E-state index in [1.807, 2.05) is 30.3 Å². The van der Waals surface area contributed by atoms with Crippen molar-refractivity contribution in [2.24, 2.45) is 22.2 Å². The van der Waals surface area contributed by atoms with Crippen LogP contribution in [0.1, 0.15) is 59.9 Å². The molecular weight excluding hydrogens is 364 g/mol. The normalized spacial score (nSPS) is 41.0. The summed E-state index contributed by atoms with van der Waals surface area (Å²) in [6.07, 6.45) is 2.36. The van der Waals surface area contributed by atoms with Crippen molar-refractivity contribution in [1.82, 2.24) is 0 Å². The first kappa shape index (κ1) is 19.2. The number of ketones is 2. The zero-order chi connectivity index (χ0) is 21.0. The largest absolute Gasteiger partial charge is 0.334 e. The third-order valence-electron chi connectivity index (χ3n) is 7.63. The summed E-state index contributed by atoms with van der Waals surface area (Å²) < 4.78 is 13.3. The van der Waals surface area contributed by atoms with Gasteiger partial charge in [-0.3, -0.25) is 9.59 Å². The van der Waals surface area contributed by atoms with Crippen LogP contribution in [0.4, 0.5) is 0 Å². The Morgan fingerprint density at radius 2 is 1.66 bits per heavy atom. The van der Waals surface area contributed by atoms with E-state index in [1.165, 1.54) is 0 Å². The van der Waals surface area contributed by atoms with Gasteiger partial charge in [0.15, 0.2) is 23.5 Å². The minimum atomic E-state index is -0.946. The van der Waals surface area contributed by atoms with Crippen LogP contribution in [0, 0.1) is 22.2 Å². The van der Waals surface area contributed by atoms with Crippen molar-refractivity contribution < 1.29 is 19.1 Å². The lowest BCUT2D eigenvalue weighted by atomic mass is 9.72. The van der Waals surface area contributed by atoms with Gasteiger partial charge in [-0.1, -0.05) is 78.0 Å². The number of benzene rings is 1. The fraction of sp³-hybridized carbons (Fsp3) is 0.600. The second-order valence-electron chi connectivity index (χ2n) is 11.2. The van der Waals surface area contributed by atoms with Crippen LogP contribution in [0.5, 0.6) is 0 Å². The molecule has 4 aliphatic rings. The minimum Gasteiger partial charge on any atom is -0.334 e. The Bertz CT molecular complexity index is 947. The van der Waals surface area contributed by atoms with Gasteiger partial charge in [0.25, 0.3) is 0 Å². The van der Waals surface area contributed by atoms with E-state index >= 15 is 0 Å². The van der Waals surface area contributed by atoms with Crippen molar-refractivity contribution in [1.29, 1.82) is 0 Å². The minimum absolute atomic E-state index is 0.0607. The predicted molar refractivity (Wildman–Crippen MR) is 109 cm³/mol. The number of hydrogen-bond donors (Lipinski definition) is 0. The van der Waals surface area contributed by atoms with Crippen LogP contribution in [-0.4, -0.2) is 23.3 Å². The van der Waals surface area contributed by atoms with E-state index < -0.39 is 22.9 Å². The molecule has 4 nitrogen and oxygen atoms in total. The number of carbonyl (C=O) groups excluding carboxylic acids is 2. The van der Waals surface area contributed by atoms with Gasteiger partial charge in [0, 0.05) is 23.8 Å². The Morgan fingerprint density at radius 3 is 2.21 bits per heavy atom. The molecule has 1 aromatic carbocycles. The highest BCUT2D eigenvalue weighted by Crippen LogP contribution is 2.82. The van der Waals surface area contributed by atoms with Gasteiger partial charge in [0.1, 0.15) is 5.60 Å². The maximum Gasteiger partial charge on any atom is 0.197 e. The summed E-state index contributed by atoms with van der Waals surface area (Å²) in [6.45, 7) is 12.7. The summed E-state index contributed by atoms with van der Waals surface area (Å²) in [7, 11) is 0. The van der Waals surface area contributed by atoms with Gasteiger partial charge < -0.3 is 9.47 Å². The first-order valence-corrected chi connectivity index (χ1v) is 10.6. The van der Waals surface area contributed by atoms with E-state index in [1.54, 1.807) is 0 Å². The van der Waals surface area contributed by atoms with Crippen LogP contribution in [0.2, 0.25) is 0 Å². The molecule has 1 aromatic rings. The molecule has 2 saturated heterocycles. The second-order valence-corrected chi connectivity index (χ2v) is 11.2. The second kappa shape index (κ2) is 5.28. The average Bonchev–Trinajstić information content (AvgIpc) is 2.89. The SMILES string of the molecule is CC(C)(C)C1=C[C@@]2(C(C)(C)C)[C@@H](C1=O)[C@]21O[C@@]2(c3ccccc3)CCC(=O)[C@@H]1O2. The standard InChI is InChI=1S/C25H30O4/c1-21(2,3)16-14-23(22(4,5)6)19(18(16)27)25(23)20-17(26)12-13-24(28-20,29-25)15-10-8-7-9-11-15/h7-11,14,19-20H,12-13H2,1-6H3/t19-,20+,23+,24-,25-/m1/s1. The molecule has 0 aromatic heterocycles. The molecule has 2 aliphatic heterocycles. The Labute approximate surface area is 172 Å². The van der Waals surface area contributed by atoms with Crippen molar-refractivity contribution >= 4 is 11.6 Å². The van der Waals surface area contributed by atoms with Crippen molar-refractivity contribution in [3.8, 4) is 0 Å². The van der Waals surface area contributed by atoms with E-state index in [0.717, 1.165) is 11.1 Å². The van der Waals surface area contributed by atoms with Gasteiger partial charge in [-0.2, -0.15) is 0 Å². The fourth-order valence-electron chi connectivity index (χ4n) is 6.30. The van der Waals surface area contributed by atoms with Crippen molar-refractivity contribution in [2.45, 2.75) is 71.9 Å². The lowest BCUT2D eigenvalue weighted by Crippen LogP contribution is -2.43. The van der Waals surface area contributed by atoms with Gasteiger partial charge in [-0.25, -0.2) is 0 Å². The van der Waals surface area contributed by atoms with Crippen LogP contribution in [0.25, 0.3) is 0 Å². The van der Waals surface area contributed by atoms with Crippen LogP contribution in [0.15, 0.2) is 42.0 Å². The molecule has 1 saturated carbocycles. The van der Waals surface area contributed by atoms with Gasteiger partial charge in [0.2, 0.25) is 0 Å². The van der Waals surface area contributed by atoms with Crippen molar-refractivity contribution in [3.05, 3.63) is 47.5 Å². The Kier molecular flexibility index (Phi) is 3.49. The highest BCUT2D eigenvalue weighted by Gasteiger charge is 2.92. The molecule has 1 spiro atoms. The van der Waals surface area contributed by atoms with E-state index in [4.69, 9.17) is 9.47 Å². The topological polar surface area (TPSA) is 52.6 Å². The van der Waals surface area contributed by atoms with E-state index in [9.17, 15) is 9.59 Å². The Morgan fingerprint density at radius 1 is 1.00 bits per heavy atom.